The van der Waals surface area contributed by atoms with Crippen LogP contribution in [0.25, 0.3) is 0 Å². The van der Waals surface area contributed by atoms with Gasteiger partial charge in [0.2, 0.25) is 5.78 Å². The van der Waals surface area contributed by atoms with Crippen LogP contribution in [0.1, 0.15) is 16.9 Å². The predicted molar refractivity (Wildman–Crippen MR) is 47.2 cm³/mol. The Bertz CT molecular complexity index is 401. The topological polar surface area (TPSA) is 39.2 Å². The van der Waals surface area contributed by atoms with Crippen LogP contribution < -0.4 is 0 Å². The van der Waals surface area contributed by atoms with Crippen LogP contribution in [0.3, 0.4) is 0 Å². The van der Waals surface area contributed by atoms with E-state index in [1.165, 1.54) is 18.3 Å². The van der Waals surface area contributed by atoms with Crippen molar-refractivity contribution in [2.24, 2.45) is 0 Å². The number of carbonyl (C=O) groups is 1. The van der Waals surface area contributed by atoms with Gasteiger partial charge in [0.05, 0.1) is 6.61 Å². The lowest BCUT2D eigenvalue weighted by Gasteiger charge is -2.02. The Labute approximate surface area is 80.2 Å². The maximum atomic E-state index is 13.1. The fourth-order valence-corrected chi connectivity index (χ4v) is 1.25. The van der Waals surface area contributed by atoms with Gasteiger partial charge < -0.3 is 4.74 Å². The zero-order chi connectivity index (χ0) is 9.97. The molecule has 0 atom stereocenters. The first kappa shape index (κ1) is 8.87. The van der Waals surface area contributed by atoms with Gasteiger partial charge >= 0.3 is 0 Å². The molecule has 0 saturated heterocycles. The third kappa shape index (κ3) is 1.51. The van der Waals surface area contributed by atoms with Gasteiger partial charge in [-0.15, -0.1) is 0 Å². The van der Waals surface area contributed by atoms with Gasteiger partial charge in [-0.25, -0.2) is 9.37 Å². The number of aromatic nitrogens is 1. The predicted octanol–water partition coefficient (Wildman–Crippen LogP) is 1.71. The number of ether oxygens (including phenoxy) is 1. The SMILES string of the molecule is O=C(C1=CCCO1)c1ncccc1F. The summed E-state index contributed by atoms with van der Waals surface area (Å²) in [7, 11) is 0. The number of carbonyl (C=O) groups excluding carboxylic acids is 1. The fraction of sp³-hybridized carbons (Fsp3) is 0.200. The van der Waals surface area contributed by atoms with Crippen molar-refractivity contribution in [3.05, 3.63) is 41.7 Å². The van der Waals surface area contributed by atoms with Crippen LogP contribution in [0.5, 0.6) is 0 Å². The monoisotopic (exact) mass is 193 g/mol. The number of pyridine rings is 1. The summed E-state index contributed by atoms with van der Waals surface area (Å²) in [4.78, 5) is 15.2. The number of nitrogens with zero attached hydrogens (tertiary/aromatic N) is 1. The molecule has 2 rings (SSSR count). The van der Waals surface area contributed by atoms with Gasteiger partial charge in [0.15, 0.2) is 11.6 Å². The summed E-state index contributed by atoms with van der Waals surface area (Å²) in [6.45, 7) is 0.482. The van der Waals surface area contributed by atoms with Gasteiger partial charge in [-0.05, 0) is 18.2 Å². The van der Waals surface area contributed by atoms with Crippen molar-refractivity contribution in [2.45, 2.75) is 6.42 Å². The summed E-state index contributed by atoms with van der Waals surface area (Å²) >= 11 is 0. The zero-order valence-corrected chi connectivity index (χ0v) is 7.37. The molecule has 1 aliphatic rings. The molecule has 1 aromatic heterocycles. The van der Waals surface area contributed by atoms with Crippen molar-refractivity contribution < 1.29 is 13.9 Å². The molecule has 0 aromatic carbocycles. The Morgan fingerprint density at radius 3 is 3.07 bits per heavy atom. The molecule has 0 aliphatic carbocycles. The third-order valence-electron chi connectivity index (χ3n) is 1.90. The number of allylic oxidation sites excluding steroid dienone is 1. The molecule has 0 spiro atoms. The molecular weight excluding hydrogens is 185 g/mol. The number of rotatable bonds is 2. The largest absolute Gasteiger partial charge is 0.489 e. The van der Waals surface area contributed by atoms with Crippen LogP contribution in [-0.2, 0) is 4.74 Å². The first-order chi connectivity index (χ1) is 6.79. The van der Waals surface area contributed by atoms with Gasteiger partial charge in [0, 0.05) is 12.6 Å². The molecule has 72 valence electrons. The second-order valence-corrected chi connectivity index (χ2v) is 2.87. The fourth-order valence-electron chi connectivity index (χ4n) is 1.25. The number of hydrogen-bond donors (Lipinski definition) is 0. The van der Waals surface area contributed by atoms with Crippen molar-refractivity contribution >= 4 is 5.78 Å². The van der Waals surface area contributed by atoms with Gasteiger partial charge in [-0.3, -0.25) is 4.79 Å². The molecule has 2 heterocycles. The molecule has 0 fully saturated rings. The summed E-state index contributed by atoms with van der Waals surface area (Å²) in [6.07, 6.45) is 3.72. The quantitative estimate of drug-likeness (QED) is 0.671. The van der Waals surface area contributed by atoms with Crippen molar-refractivity contribution in [3.63, 3.8) is 0 Å². The molecule has 0 N–H and O–H groups in total. The number of Topliss-reactive ketones (excluding diaryl/α,β-unsaturated/α-hetero) is 1. The van der Waals surface area contributed by atoms with Crippen molar-refractivity contribution in [1.82, 2.24) is 4.98 Å². The minimum absolute atomic E-state index is 0.180. The molecule has 0 amide bonds. The van der Waals surface area contributed by atoms with E-state index in [1.807, 2.05) is 0 Å². The summed E-state index contributed by atoms with van der Waals surface area (Å²) in [5.74, 6) is -0.905. The molecule has 0 unspecified atom stereocenters. The van der Waals surface area contributed by atoms with E-state index in [0.29, 0.717) is 13.0 Å². The standard InChI is InChI=1S/C10H8FNO2/c11-7-3-1-5-12-9(7)10(13)8-4-2-6-14-8/h1,3-5H,2,6H2. The van der Waals surface area contributed by atoms with E-state index >= 15 is 0 Å². The molecule has 3 nitrogen and oxygen atoms in total. The second kappa shape index (κ2) is 3.57. The zero-order valence-electron chi connectivity index (χ0n) is 7.37. The summed E-state index contributed by atoms with van der Waals surface area (Å²) in [5, 5.41) is 0. The Kier molecular flexibility index (Phi) is 2.26. The van der Waals surface area contributed by atoms with Crippen molar-refractivity contribution in [1.29, 1.82) is 0 Å². The van der Waals surface area contributed by atoms with E-state index in [1.54, 1.807) is 6.08 Å². The summed E-state index contributed by atoms with van der Waals surface area (Å²) in [5.41, 5.74) is -0.180. The average molecular weight is 193 g/mol. The highest BCUT2D eigenvalue weighted by molar-refractivity contribution is 6.06. The van der Waals surface area contributed by atoms with E-state index in [4.69, 9.17) is 4.74 Å². The molecule has 14 heavy (non-hydrogen) atoms. The van der Waals surface area contributed by atoms with Crippen molar-refractivity contribution in [2.75, 3.05) is 6.61 Å². The molecule has 0 saturated carbocycles. The highest BCUT2D eigenvalue weighted by atomic mass is 19.1. The van der Waals surface area contributed by atoms with Crippen LogP contribution in [-0.4, -0.2) is 17.4 Å². The Morgan fingerprint density at radius 2 is 2.43 bits per heavy atom. The van der Waals surface area contributed by atoms with Crippen LogP contribution in [0.4, 0.5) is 4.39 Å². The molecule has 4 heteroatoms. The van der Waals surface area contributed by atoms with Gasteiger partial charge in [-0.2, -0.15) is 0 Å². The first-order valence-electron chi connectivity index (χ1n) is 4.27. The van der Waals surface area contributed by atoms with Crippen LogP contribution in [0.2, 0.25) is 0 Å². The molecule has 0 bridgehead atoms. The highest BCUT2D eigenvalue weighted by Gasteiger charge is 2.21. The van der Waals surface area contributed by atoms with E-state index in [-0.39, 0.29) is 11.5 Å². The van der Waals surface area contributed by atoms with E-state index in [9.17, 15) is 9.18 Å². The third-order valence-corrected chi connectivity index (χ3v) is 1.90. The smallest absolute Gasteiger partial charge is 0.248 e. The molecule has 1 aromatic rings. The molecular formula is C10H8FNO2. The maximum Gasteiger partial charge on any atom is 0.248 e. The lowest BCUT2D eigenvalue weighted by molar-refractivity contribution is 0.0933. The van der Waals surface area contributed by atoms with Gasteiger partial charge in [0.1, 0.15) is 5.69 Å². The first-order valence-corrected chi connectivity index (χ1v) is 4.27. The number of ketones is 1. The highest BCUT2D eigenvalue weighted by Crippen LogP contribution is 2.15. The Balaban J connectivity index is 2.31. The van der Waals surface area contributed by atoms with Crippen LogP contribution >= 0.6 is 0 Å². The number of hydrogen-bond acceptors (Lipinski definition) is 3. The van der Waals surface area contributed by atoms with Gasteiger partial charge in [-0.1, -0.05) is 0 Å². The normalized spacial score (nSPS) is 14.8. The van der Waals surface area contributed by atoms with E-state index in [0.717, 1.165) is 0 Å². The van der Waals surface area contributed by atoms with Crippen LogP contribution in [0.15, 0.2) is 30.2 Å². The van der Waals surface area contributed by atoms with E-state index in [2.05, 4.69) is 4.98 Å². The molecule has 1 aliphatic heterocycles. The summed E-state index contributed by atoms with van der Waals surface area (Å²) in [6, 6.07) is 2.64. The number of halogens is 1. The average Bonchev–Trinajstić information content (AvgIpc) is 2.70. The minimum atomic E-state index is -0.617. The Morgan fingerprint density at radius 1 is 1.57 bits per heavy atom. The maximum absolute atomic E-state index is 13.1. The van der Waals surface area contributed by atoms with Crippen LogP contribution in [0, 0.1) is 5.82 Å². The lowest BCUT2D eigenvalue weighted by atomic mass is 10.2. The minimum Gasteiger partial charge on any atom is -0.489 e. The van der Waals surface area contributed by atoms with Gasteiger partial charge in [0.25, 0.3) is 0 Å². The summed E-state index contributed by atoms with van der Waals surface area (Å²) < 4.78 is 18.2. The lowest BCUT2D eigenvalue weighted by Crippen LogP contribution is -2.08. The second-order valence-electron chi connectivity index (χ2n) is 2.87. The Hall–Kier alpha value is -1.71. The van der Waals surface area contributed by atoms with Crippen molar-refractivity contribution in [3.8, 4) is 0 Å². The molecule has 0 radical (unpaired) electrons. The van der Waals surface area contributed by atoms with E-state index < -0.39 is 11.6 Å².